The second-order valence-corrected chi connectivity index (χ2v) is 8.12. The van der Waals surface area contributed by atoms with Gasteiger partial charge in [0.15, 0.2) is 11.9 Å². The highest BCUT2D eigenvalue weighted by Gasteiger charge is 2.67. The van der Waals surface area contributed by atoms with Crippen LogP contribution in [0.2, 0.25) is 5.02 Å². The Balaban J connectivity index is 1.65. The molecule has 0 amide bonds. The number of aliphatic hydroxyl groups excluding tert-OH is 4. The topological polar surface area (TPSA) is 109 Å². The van der Waals surface area contributed by atoms with Gasteiger partial charge in [-0.2, -0.15) is 0 Å². The van der Waals surface area contributed by atoms with Crippen molar-refractivity contribution in [3.05, 3.63) is 64.2 Å². The van der Waals surface area contributed by atoms with Crippen LogP contribution in [-0.2, 0) is 21.7 Å². The summed E-state index contributed by atoms with van der Waals surface area (Å²) in [6.45, 7) is 1.81. The Kier molecular flexibility index (Phi) is 5.80. The maximum Gasteiger partial charge on any atom is 0.201 e. The summed E-state index contributed by atoms with van der Waals surface area (Å²) in [6.07, 6.45) is -3.89. The average Bonchev–Trinajstić information content (AvgIpc) is 2.99. The fourth-order valence-electron chi connectivity index (χ4n) is 4.16. The SMILES string of the molecule is CCOc1ccc(Cc2cc([C@@]34CC(O)[C@H](O)C(CO)(O3)[C@H](O)O4)ccc2Cl)cc1. The number of ether oxygens (including phenoxy) is 3. The molecule has 162 valence electrons. The molecule has 0 aromatic heterocycles. The molecule has 2 aliphatic heterocycles. The fourth-order valence-corrected chi connectivity index (χ4v) is 4.34. The molecule has 30 heavy (non-hydrogen) atoms. The summed E-state index contributed by atoms with van der Waals surface area (Å²) in [5.41, 5.74) is 0.545. The third-order valence-corrected chi connectivity index (χ3v) is 6.15. The van der Waals surface area contributed by atoms with Gasteiger partial charge in [0.25, 0.3) is 0 Å². The predicted octanol–water partition coefficient (Wildman–Crippen LogP) is 1.70. The van der Waals surface area contributed by atoms with Crippen LogP contribution in [0.15, 0.2) is 42.5 Å². The van der Waals surface area contributed by atoms with Gasteiger partial charge in [0.2, 0.25) is 5.79 Å². The Morgan fingerprint density at radius 3 is 2.53 bits per heavy atom. The van der Waals surface area contributed by atoms with Crippen molar-refractivity contribution in [2.24, 2.45) is 0 Å². The van der Waals surface area contributed by atoms with Crippen LogP contribution in [0, 0.1) is 0 Å². The standard InChI is InChI=1S/C22H25ClO7/c1-2-28-16-6-3-13(4-7-16)9-14-10-15(5-8-17(14)23)22-11-18(25)19(26)21(12-24,30-22)20(27)29-22/h3-8,10,18-20,24-27H,2,9,11-12H2,1H3/t18?,19-,20+,21?,22+/m0/s1. The highest BCUT2D eigenvalue weighted by molar-refractivity contribution is 6.31. The lowest BCUT2D eigenvalue weighted by Crippen LogP contribution is -2.61. The van der Waals surface area contributed by atoms with Gasteiger partial charge >= 0.3 is 0 Å². The number of hydrogen-bond acceptors (Lipinski definition) is 7. The lowest BCUT2D eigenvalue weighted by molar-refractivity contribution is -0.281. The molecular formula is C22H25ClO7. The predicted molar refractivity (Wildman–Crippen MR) is 108 cm³/mol. The number of rotatable bonds is 6. The highest BCUT2D eigenvalue weighted by Crippen LogP contribution is 2.52. The van der Waals surface area contributed by atoms with Crippen molar-refractivity contribution in [2.45, 2.75) is 49.7 Å². The number of halogens is 1. The number of hydrogen-bond donors (Lipinski definition) is 4. The quantitative estimate of drug-likeness (QED) is 0.545. The van der Waals surface area contributed by atoms with Gasteiger partial charge in [-0.15, -0.1) is 0 Å². The first-order chi connectivity index (χ1) is 14.3. The summed E-state index contributed by atoms with van der Waals surface area (Å²) in [4.78, 5) is 0. The largest absolute Gasteiger partial charge is 0.494 e. The van der Waals surface area contributed by atoms with E-state index in [9.17, 15) is 20.4 Å². The molecule has 0 spiro atoms. The Bertz CT molecular complexity index is 905. The Labute approximate surface area is 179 Å². The number of fused-ring (bicyclic) bond motifs is 2. The van der Waals surface area contributed by atoms with E-state index in [4.69, 9.17) is 25.8 Å². The van der Waals surface area contributed by atoms with Crippen molar-refractivity contribution in [2.75, 3.05) is 13.2 Å². The molecule has 2 saturated heterocycles. The zero-order chi connectivity index (χ0) is 21.5. The van der Waals surface area contributed by atoms with Crippen molar-refractivity contribution >= 4 is 11.6 Å². The lowest BCUT2D eigenvalue weighted by atomic mass is 9.85. The normalized spacial score (nSPS) is 32.9. The number of benzene rings is 2. The van der Waals surface area contributed by atoms with E-state index in [1.807, 2.05) is 31.2 Å². The Morgan fingerprint density at radius 2 is 1.87 bits per heavy atom. The molecule has 2 heterocycles. The lowest BCUT2D eigenvalue weighted by Gasteiger charge is -2.42. The van der Waals surface area contributed by atoms with Crippen LogP contribution in [0.25, 0.3) is 0 Å². The third kappa shape index (κ3) is 3.50. The van der Waals surface area contributed by atoms with Crippen LogP contribution >= 0.6 is 11.6 Å². The molecule has 0 saturated carbocycles. The van der Waals surface area contributed by atoms with E-state index >= 15 is 0 Å². The van der Waals surface area contributed by atoms with Gasteiger partial charge in [-0.1, -0.05) is 29.8 Å². The minimum Gasteiger partial charge on any atom is -0.494 e. The zero-order valence-corrected chi connectivity index (χ0v) is 17.2. The summed E-state index contributed by atoms with van der Waals surface area (Å²) < 4.78 is 17.0. The van der Waals surface area contributed by atoms with Gasteiger partial charge in [-0.25, -0.2) is 0 Å². The molecule has 4 N–H and O–H groups in total. The highest BCUT2D eigenvalue weighted by atomic mass is 35.5. The summed E-state index contributed by atoms with van der Waals surface area (Å²) in [5.74, 6) is -0.712. The van der Waals surface area contributed by atoms with Crippen LogP contribution < -0.4 is 4.74 Å². The minimum atomic E-state index is -1.81. The average molecular weight is 437 g/mol. The molecule has 5 atom stereocenters. The van der Waals surface area contributed by atoms with E-state index in [2.05, 4.69) is 0 Å². The van der Waals surface area contributed by atoms with Crippen LogP contribution in [0.5, 0.6) is 5.75 Å². The first-order valence-corrected chi connectivity index (χ1v) is 10.2. The monoisotopic (exact) mass is 436 g/mol. The van der Waals surface area contributed by atoms with E-state index in [1.165, 1.54) is 0 Å². The third-order valence-electron chi connectivity index (χ3n) is 5.78. The van der Waals surface area contributed by atoms with Crippen LogP contribution in [0.4, 0.5) is 0 Å². The molecule has 0 radical (unpaired) electrons. The summed E-state index contributed by atoms with van der Waals surface area (Å²) in [7, 11) is 0. The van der Waals surface area contributed by atoms with Crippen molar-refractivity contribution < 1.29 is 34.6 Å². The van der Waals surface area contributed by atoms with Gasteiger partial charge in [-0.05, 0) is 48.7 Å². The zero-order valence-electron chi connectivity index (χ0n) is 16.5. The maximum absolute atomic E-state index is 10.4. The van der Waals surface area contributed by atoms with Crippen molar-refractivity contribution in [1.82, 2.24) is 0 Å². The number of aliphatic hydroxyl groups is 4. The summed E-state index contributed by atoms with van der Waals surface area (Å²) in [5, 5.41) is 41.4. The van der Waals surface area contributed by atoms with Gasteiger partial charge < -0.3 is 34.6 Å². The molecular weight excluding hydrogens is 412 g/mol. The van der Waals surface area contributed by atoms with E-state index in [0.29, 0.717) is 23.6 Å². The second kappa shape index (κ2) is 8.09. The van der Waals surface area contributed by atoms with E-state index in [1.54, 1.807) is 18.2 Å². The first kappa shape index (κ1) is 21.5. The molecule has 2 aromatic carbocycles. The Hall–Kier alpha value is -1.71. The molecule has 4 rings (SSSR count). The minimum absolute atomic E-state index is 0.100. The second-order valence-electron chi connectivity index (χ2n) is 7.71. The molecule has 2 bridgehead atoms. The van der Waals surface area contributed by atoms with E-state index in [-0.39, 0.29) is 6.42 Å². The van der Waals surface area contributed by atoms with E-state index in [0.717, 1.165) is 16.9 Å². The van der Waals surface area contributed by atoms with Crippen molar-refractivity contribution in [3.63, 3.8) is 0 Å². The van der Waals surface area contributed by atoms with Crippen molar-refractivity contribution in [3.8, 4) is 5.75 Å². The summed E-state index contributed by atoms with van der Waals surface area (Å²) in [6, 6.07) is 12.9. The van der Waals surface area contributed by atoms with Gasteiger partial charge in [0.1, 0.15) is 11.9 Å². The Morgan fingerprint density at radius 1 is 1.13 bits per heavy atom. The molecule has 2 aromatic rings. The van der Waals surface area contributed by atoms with Crippen LogP contribution in [0.3, 0.4) is 0 Å². The first-order valence-electron chi connectivity index (χ1n) is 9.87. The van der Waals surface area contributed by atoms with E-state index < -0.39 is 36.5 Å². The maximum atomic E-state index is 10.4. The van der Waals surface area contributed by atoms with Gasteiger partial charge in [-0.3, -0.25) is 0 Å². The van der Waals surface area contributed by atoms with Crippen molar-refractivity contribution in [1.29, 1.82) is 0 Å². The van der Waals surface area contributed by atoms with Gasteiger partial charge in [0, 0.05) is 17.0 Å². The fraction of sp³-hybridized carbons (Fsp3) is 0.455. The summed E-state index contributed by atoms with van der Waals surface area (Å²) >= 11 is 6.42. The molecule has 2 unspecified atom stereocenters. The molecule has 8 heteroatoms. The molecule has 0 aliphatic carbocycles. The molecule has 7 nitrogen and oxygen atoms in total. The smallest absolute Gasteiger partial charge is 0.201 e. The molecule has 2 fully saturated rings. The van der Waals surface area contributed by atoms with Crippen LogP contribution in [0.1, 0.15) is 30.0 Å². The van der Waals surface area contributed by atoms with Gasteiger partial charge in [0.05, 0.1) is 19.3 Å². The molecule has 2 aliphatic rings. The van der Waals surface area contributed by atoms with Crippen LogP contribution in [-0.4, -0.2) is 57.7 Å².